The molecule has 14 heavy (non-hydrogen) atoms. The molecule has 0 saturated carbocycles. The summed E-state index contributed by atoms with van der Waals surface area (Å²) in [5, 5.41) is 10.2. The minimum atomic E-state index is 0.401. The van der Waals surface area contributed by atoms with Crippen molar-refractivity contribution in [1.82, 2.24) is 15.6 Å². The highest BCUT2D eigenvalue weighted by Gasteiger charge is 2.16. The Labute approximate surface area is 88.9 Å². The molecule has 3 nitrogen and oxygen atoms in total. The molecular formula is C10H17N3S. The van der Waals surface area contributed by atoms with E-state index >= 15 is 0 Å². The minimum Gasteiger partial charge on any atom is -0.317 e. The van der Waals surface area contributed by atoms with E-state index in [9.17, 15) is 0 Å². The highest BCUT2D eigenvalue weighted by molar-refractivity contribution is 7.09. The number of thiazole rings is 1. The van der Waals surface area contributed by atoms with Crippen molar-refractivity contribution < 1.29 is 0 Å². The van der Waals surface area contributed by atoms with Gasteiger partial charge in [0.15, 0.2) is 0 Å². The van der Waals surface area contributed by atoms with Crippen LogP contribution in [0.4, 0.5) is 0 Å². The van der Waals surface area contributed by atoms with E-state index < -0.39 is 0 Å². The number of piperidine rings is 1. The lowest BCUT2D eigenvalue weighted by molar-refractivity contribution is 0.359. The standard InChI is InChI=1S/C10H17N3S/c1-8(10-12-6-7-14-10)13-9-2-4-11-5-3-9/h6-9,11,13H,2-5H2,1H3. The fourth-order valence-electron chi connectivity index (χ4n) is 1.86. The monoisotopic (exact) mass is 211 g/mol. The summed E-state index contributed by atoms with van der Waals surface area (Å²) in [6.07, 6.45) is 4.34. The molecule has 2 N–H and O–H groups in total. The third kappa shape index (κ3) is 2.53. The molecule has 2 rings (SSSR count). The first-order valence-electron chi connectivity index (χ1n) is 5.22. The fourth-order valence-corrected chi connectivity index (χ4v) is 2.52. The Morgan fingerprint density at radius 2 is 2.36 bits per heavy atom. The van der Waals surface area contributed by atoms with Crippen molar-refractivity contribution in [3.05, 3.63) is 16.6 Å². The molecule has 0 aromatic carbocycles. The van der Waals surface area contributed by atoms with Gasteiger partial charge < -0.3 is 10.6 Å². The van der Waals surface area contributed by atoms with E-state index in [4.69, 9.17) is 0 Å². The molecule has 1 unspecified atom stereocenters. The summed E-state index contributed by atoms with van der Waals surface area (Å²) in [5.41, 5.74) is 0. The van der Waals surface area contributed by atoms with E-state index in [2.05, 4.69) is 22.5 Å². The third-order valence-electron chi connectivity index (χ3n) is 2.65. The van der Waals surface area contributed by atoms with E-state index in [1.807, 2.05) is 11.6 Å². The first-order valence-corrected chi connectivity index (χ1v) is 6.10. The maximum atomic E-state index is 4.32. The molecule has 2 heterocycles. The smallest absolute Gasteiger partial charge is 0.109 e. The molecule has 1 saturated heterocycles. The molecule has 78 valence electrons. The van der Waals surface area contributed by atoms with Crippen molar-refractivity contribution in [2.75, 3.05) is 13.1 Å². The van der Waals surface area contributed by atoms with Gasteiger partial charge in [-0.3, -0.25) is 0 Å². The molecule has 1 aromatic heterocycles. The zero-order valence-corrected chi connectivity index (χ0v) is 9.31. The lowest BCUT2D eigenvalue weighted by Gasteiger charge is -2.26. The highest BCUT2D eigenvalue weighted by atomic mass is 32.1. The zero-order chi connectivity index (χ0) is 9.80. The van der Waals surface area contributed by atoms with Crippen molar-refractivity contribution in [3.8, 4) is 0 Å². The Hall–Kier alpha value is -0.450. The maximum Gasteiger partial charge on any atom is 0.109 e. The van der Waals surface area contributed by atoms with E-state index in [0.717, 1.165) is 13.1 Å². The van der Waals surface area contributed by atoms with Crippen LogP contribution < -0.4 is 10.6 Å². The Morgan fingerprint density at radius 3 is 3.00 bits per heavy atom. The molecule has 0 amide bonds. The minimum absolute atomic E-state index is 0.401. The number of nitrogens with one attached hydrogen (secondary N) is 2. The van der Waals surface area contributed by atoms with Crippen LogP contribution in [0.2, 0.25) is 0 Å². The second-order valence-corrected chi connectivity index (χ2v) is 4.71. The van der Waals surface area contributed by atoms with Crippen LogP contribution in [-0.4, -0.2) is 24.1 Å². The summed E-state index contributed by atoms with van der Waals surface area (Å²) >= 11 is 1.73. The Bertz CT molecular complexity index is 254. The SMILES string of the molecule is CC(NC1CCNCC1)c1nccs1. The summed E-state index contributed by atoms with van der Waals surface area (Å²) in [4.78, 5) is 4.32. The van der Waals surface area contributed by atoms with Crippen molar-refractivity contribution in [2.24, 2.45) is 0 Å². The van der Waals surface area contributed by atoms with Gasteiger partial charge in [-0.25, -0.2) is 4.98 Å². The largest absolute Gasteiger partial charge is 0.317 e. The number of aromatic nitrogens is 1. The van der Waals surface area contributed by atoms with Gasteiger partial charge in [-0.05, 0) is 32.9 Å². The number of hydrogen-bond donors (Lipinski definition) is 2. The van der Waals surface area contributed by atoms with Gasteiger partial charge in [-0.1, -0.05) is 0 Å². The van der Waals surface area contributed by atoms with E-state index in [-0.39, 0.29) is 0 Å². The van der Waals surface area contributed by atoms with Crippen molar-refractivity contribution >= 4 is 11.3 Å². The lowest BCUT2D eigenvalue weighted by atomic mass is 10.1. The second-order valence-electron chi connectivity index (χ2n) is 3.78. The van der Waals surface area contributed by atoms with Gasteiger partial charge in [0.2, 0.25) is 0 Å². The fraction of sp³-hybridized carbons (Fsp3) is 0.700. The normalized spacial score (nSPS) is 20.9. The summed E-state index contributed by atoms with van der Waals surface area (Å²) in [7, 11) is 0. The molecule has 0 radical (unpaired) electrons. The van der Waals surface area contributed by atoms with Crippen LogP contribution in [0.15, 0.2) is 11.6 Å². The topological polar surface area (TPSA) is 37.0 Å². The second kappa shape index (κ2) is 4.87. The number of hydrogen-bond acceptors (Lipinski definition) is 4. The van der Waals surface area contributed by atoms with Gasteiger partial charge in [-0.2, -0.15) is 0 Å². The van der Waals surface area contributed by atoms with Crippen molar-refractivity contribution in [3.63, 3.8) is 0 Å². The average Bonchev–Trinajstić information content (AvgIpc) is 2.72. The van der Waals surface area contributed by atoms with E-state index in [1.54, 1.807) is 11.3 Å². The number of rotatable bonds is 3. The van der Waals surface area contributed by atoms with Crippen LogP contribution in [0.3, 0.4) is 0 Å². The van der Waals surface area contributed by atoms with Crippen molar-refractivity contribution in [1.29, 1.82) is 0 Å². The van der Waals surface area contributed by atoms with Gasteiger partial charge in [0.05, 0.1) is 6.04 Å². The summed E-state index contributed by atoms with van der Waals surface area (Å²) in [6, 6.07) is 1.06. The van der Waals surface area contributed by atoms with Crippen LogP contribution in [0.1, 0.15) is 30.8 Å². The van der Waals surface area contributed by atoms with Crippen LogP contribution in [0, 0.1) is 0 Å². The molecule has 1 aromatic rings. The Kier molecular flexibility index (Phi) is 3.50. The molecule has 1 aliphatic heterocycles. The first kappa shape index (κ1) is 10.1. The van der Waals surface area contributed by atoms with Gasteiger partial charge in [-0.15, -0.1) is 11.3 Å². The number of nitrogens with zero attached hydrogens (tertiary/aromatic N) is 1. The predicted molar refractivity (Wildman–Crippen MR) is 59.6 cm³/mol. The summed E-state index contributed by atoms with van der Waals surface area (Å²) < 4.78 is 0. The molecule has 1 aliphatic rings. The predicted octanol–water partition coefficient (Wildman–Crippen LogP) is 1.55. The molecule has 1 atom stereocenters. The van der Waals surface area contributed by atoms with Crippen LogP contribution in [0.5, 0.6) is 0 Å². The average molecular weight is 211 g/mol. The molecule has 1 fully saturated rings. The van der Waals surface area contributed by atoms with Gasteiger partial charge in [0.25, 0.3) is 0 Å². The van der Waals surface area contributed by atoms with Crippen LogP contribution in [-0.2, 0) is 0 Å². The van der Waals surface area contributed by atoms with Gasteiger partial charge >= 0.3 is 0 Å². The highest BCUT2D eigenvalue weighted by Crippen LogP contribution is 2.17. The van der Waals surface area contributed by atoms with Crippen LogP contribution in [0.25, 0.3) is 0 Å². The summed E-state index contributed by atoms with van der Waals surface area (Å²) in [6.45, 7) is 4.48. The zero-order valence-electron chi connectivity index (χ0n) is 8.49. The molecule has 0 bridgehead atoms. The third-order valence-corrected chi connectivity index (χ3v) is 3.60. The molecule has 0 aliphatic carbocycles. The lowest BCUT2D eigenvalue weighted by Crippen LogP contribution is -2.40. The Balaban J connectivity index is 1.84. The van der Waals surface area contributed by atoms with Crippen LogP contribution >= 0.6 is 11.3 Å². The van der Waals surface area contributed by atoms with E-state index in [1.165, 1.54) is 17.8 Å². The summed E-state index contributed by atoms with van der Waals surface area (Å²) in [5.74, 6) is 0. The van der Waals surface area contributed by atoms with E-state index in [0.29, 0.717) is 12.1 Å². The molecule has 4 heteroatoms. The molecule has 0 spiro atoms. The quantitative estimate of drug-likeness (QED) is 0.796. The maximum absolute atomic E-state index is 4.32. The first-order chi connectivity index (χ1) is 6.86. The molecular weight excluding hydrogens is 194 g/mol. The Morgan fingerprint density at radius 1 is 1.57 bits per heavy atom. The van der Waals surface area contributed by atoms with Gasteiger partial charge in [0.1, 0.15) is 5.01 Å². The van der Waals surface area contributed by atoms with Gasteiger partial charge in [0, 0.05) is 17.6 Å². The van der Waals surface area contributed by atoms with Crippen molar-refractivity contribution in [2.45, 2.75) is 31.8 Å².